The van der Waals surface area contributed by atoms with Crippen molar-refractivity contribution in [1.82, 2.24) is 0 Å². The predicted octanol–water partition coefficient (Wildman–Crippen LogP) is 6.54. The third-order valence-corrected chi connectivity index (χ3v) is 4.30. The van der Waals surface area contributed by atoms with Gasteiger partial charge in [0.1, 0.15) is 0 Å². The van der Waals surface area contributed by atoms with Gasteiger partial charge in [0, 0.05) is 0 Å². The number of hydrogen-bond donors (Lipinski definition) is 0. The molecule has 0 fully saturated rings. The molecule has 0 atom stereocenters. The van der Waals surface area contributed by atoms with E-state index in [9.17, 15) is 0 Å². The molecule has 0 saturated carbocycles. The molecular weight excluding hydrogens is 379 g/mol. The maximum Gasteiger partial charge on any atom is 2.00 e. The first-order valence-corrected chi connectivity index (χ1v) is 8.28. The third kappa shape index (κ3) is 3.94. The van der Waals surface area contributed by atoms with Crippen LogP contribution in [0.4, 0.5) is 0 Å². The summed E-state index contributed by atoms with van der Waals surface area (Å²) in [5.74, 6) is 0. The zero-order valence-electron chi connectivity index (χ0n) is 13.9. The second-order valence-corrected chi connectivity index (χ2v) is 5.88. The van der Waals surface area contributed by atoms with Gasteiger partial charge in [-0.2, -0.15) is 17.7 Å². The summed E-state index contributed by atoms with van der Waals surface area (Å²) in [6.45, 7) is 0. The molecule has 1 aliphatic carbocycles. The molecule has 0 bridgehead atoms. The second-order valence-electron chi connectivity index (χ2n) is 5.88. The van der Waals surface area contributed by atoms with E-state index in [1.165, 1.54) is 32.7 Å². The van der Waals surface area contributed by atoms with Crippen LogP contribution in [0.15, 0.2) is 97.1 Å². The summed E-state index contributed by atoms with van der Waals surface area (Å²) >= 11 is 0. The van der Waals surface area contributed by atoms with Crippen molar-refractivity contribution in [3.63, 3.8) is 0 Å². The fourth-order valence-corrected chi connectivity index (χ4v) is 3.12. The average molecular weight is 398 g/mol. The van der Waals surface area contributed by atoms with Gasteiger partial charge in [-0.05, 0) is 0 Å². The minimum absolute atomic E-state index is 0. The Hall–Kier alpha value is -2.11. The predicted molar refractivity (Wildman–Crippen MR) is 104 cm³/mol. The first-order chi connectivity index (χ1) is 11.9. The van der Waals surface area contributed by atoms with Crippen LogP contribution in [0.2, 0.25) is 0 Å². The van der Waals surface area contributed by atoms with Crippen molar-refractivity contribution in [2.75, 3.05) is 0 Å². The normalized spacial score (nSPS) is 12.4. The van der Waals surface area contributed by atoms with E-state index in [1.807, 2.05) is 6.07 Å². The molecule has 0 saturated heterocycles. The summed E-state index contributed by atoms with van der Waals surface area (Å²) in [5, 5.41) is 5.39. The van der Waals surface area contributed by atoms with E-state index in [4.69, 9.17) is 0 Å². The molecule has 118 valence electrons. The first kappa shape index (κ1) is 17.7. The van der Waals surface area contributed by atoms with E-state index in [2.05, 4.69) is 97.1 Å². The molecule has 0 radical (unpaired) electrons. The Bertz CT molecular complexity index is 969. The number of hydrogen-bond acceptors (Lipinski definition) is 0. The molecule has 0 aliphatic heterocycles. The molecule has 0 N–H and O–H groups in total. The van der Waals surface area contributed by atoms with Crippen molar-refractivity contribution in [1.29, 1.82) is 0 Å². The number of fused-ring (bicyclic) bond motifs is 3. The van der Waals surface area contributed by atoms with Crippen LogP contribution in [0.25, 0.3) is 27.1 Å². The Morgan fingerprint density at radius 2 is 1.24 bits per heavy atom. The molecule has 4 aromatic rings. The Morgan fingerprint density at radius 3 is 1.80 bits per heavy atom. The Kier molecular flexibility index (Phi) is 5.89. The summed E-state index contributed by atoms with van der Waals surface area (Å²) in [4.78, 5) is 0. The van der Waals surface area contributed by atoms with Gasteiger partial charge in [-0.25, -0.2) is 0 Å². The van der Waals surface area contributed by atoms with Gasteiger partial charge in [-0.15, -0.1) is 63.5 Å². The molecule has 4 aromatic carbocycles. The Labute approximate surface area is 168 Å². The first-order valence-electron chi connectivity index (χ1n) is 8.28. The topological polar surface area (TPSA) is 0 Å². The van der Waals surface area contributed by atoms with Gasteiger partial charge in [-0.3, -0.25) is 0 Å². The minimum atomic E-state index is 0. The van der Waals surface area contributed by atoms with Gasteiger partial charge in [0.15, 0.2) is 0 Å². The molecular formula is C24H18Zr. The molecule has 0 aromatic heterocycles. The molecule has 0 nitrogen and oxygen atoms in total. The number of allylic oxidation sites excluding steroid dienone is 4. The van der Waals surface area contributed by atoms with Crippen molar-refractivity contribution in [3.8, 4) is 0 Å². The molecule has 5 rings (SSSR count). The van der Waals surface area contributed by atoms with Crippen LogP contribution in [0.3, 0.4) is 0 Å². The Balaban J connectivity index is 0.000000142. The van der Waals surface area contributed by atoms with E-state index in [-0.39, 0.29) is 26.2 Å². The quantitative estimate of drug-likeness (QED) is 0.320. The largest absolute Gasteiger partial charge is 2.00 e. The van der Waals surface area contributed by atoms with Crippen LogP contribution in [-0.2, 0) is 26.2 Å². The van der Waals surface area contributed by atoms with Crippen molar-refractivity contribution in [2.45, 2.75) is 6.42 Å². The van der Waals surface area contributed by atoms with Gasteiger partial charge in [0.25, 0.3) is 0 Å². The monoisotopic (exact) mass is 396 g/mol. The molecule has 0 heterocycles. The van der Waals surface area contributed by atoms with Gasteiger partial charge < -0.3 is 0 Å². The van der Waals surface area contributed by atoms with E-state index in [0.717, 1.165) is 6.42 Å². The van der Waals surface area contributed by atoms with Gasteiger partial charge >= 0.3 is 26.2 Å². The third-order valence-electron chi connectivity index (χ3n) is 4.30. The van der Waals surface area contributed by atoms with Crippen LogP contribution in [-0.4, -0.2) is 0 Å². The van der Waals surface area contributed by atoms with Gasteiger partial charge in [-0.1, -0.05) is 61.0 Å². The van der Waals surface area contributed by atoms with Crippen LogP contribution >= 0.6 is 0 Å². The Morgan fingerprint density at radius 1 is 0.680 bits per heavy atom. The van der Waals surface area contributed by atoms with Crippen molar-refractivity contribution in [3.05, 3.63) is 109 Å². The zero-order chi connectivity index (χ0) is 16.2. The second kappa shape index (κ2) is 8.32. The number of rotatable bonds is 1. The standard InChI is InChI=1S/C13H9.C11H9.Zr/c1-3-7-12-10(5-1)9-11-6-2-4-8-13(11)12;1-2-6-10(7-3-1)11-8-4-5-9-11;/h1-9H;1-4,6-8H,5H2;/q2*-1;+2. The molecule has 0 amide bonds. The van der Waals surface area contributed by atoms with E-state index in [1.54, 1.807) is 0 Å². The molecule has 1 heteroatoms. The maximum atomic E-state index is 3.28. The average Bonchev–Trinajstić information content (AvgIpc) is 3.31. The molecule has 1 aliphatic rings. The van der Waals surface area contributed by atoms with E-state index >= 15 is 0 Å². The van der Waals surface area contributed by atoms with Gasteiger partial charge in [0.2, 0.25) is 0 Å². The minimum Gasteiger partial charge on any atom is -0.197 e. The van der Waals surface area contributed by atoms with Crippen molar-refractivity contribution < 1.29 is 26.2 Å². The molecule has 0 unspecified atom stereocenters. The SMILES string of the molecule is [C-]1=C(c2ccccc2)C=CC1.[Zr+2].c1ccc2c(c1)[cH-]c1ccccc12. The molecule has 25 heavy (non-hydrogen) atoms. The van der Waals surface area contributed by atoms with E-state index < -0.39 is 0 Å². The fourth-order valence-electron chi connectivity index (χ4n) is 3.12. The fraction of sp³-hybridized carbons (Fsp3) is 0.0417. The van der Waals surface area contributed by atoms with Crippen molar-refractivity contribution >= 4 is 27.1 Å². The van der Waals surface area contributed by atoms with Crippen molar-refractivity contribution in [2.24, 2.45) is 0 Å². The summed E-state index contributed by atoms with van der Waals surface area (Å²) in [5.41, 5.74) is 2.49. The van der Waals surface area contributed by atoms with Crippen LogP contribution in [0.5, 0.6) is 0 Å². The number of benzene rings is 3. The summed E-state index contributed by atoms with van der Waals surface area (Å²) < 4.78 is 0. The smallest absolute Gasteiger partial charge is 0.197 e. The van der Waals surface area contributed by atoms with Crippen LogP contribution in [0.1, 0.15) is 12.0 Å². The van der Waals surface area contributed by atoms with Crippen LogP contribution < -0.4 is 0 Å². The van der Waals surface area contributed by atoms with Crippen LogP contribution in [0, 0.1) is 6.08 Å². The summed E-state index contributed by atoms with van der Waals surface area (Å²) in [6.07, 6.45) is 8.49. The molecule has 0 spiro atoms. The van der Waals surface area contributed by atoms with Gasteiger partial charge in [0.05, 0.1) is 0 Å². The van der Waals surface area contributed by atoms with E-state index in [0.29, 0.717) is 0 Å². The maximum absolute atomic E-state index is 3.28. The zero-order valence-corrected chi connectivity index (χ0v) is 16.4. The summed E-state index contributed by atoms with van der Waals surface area (Å²) in [7, 11) is 0. The summed E-state index contributed by atoms with van der Waals surface area (Å²) in [6, 6.07) is 29.6.